The number of nitrogens with zero attached hydrogens (tertiary/aromatic N) is 1. The number of carboxylic acids is 1. The molecule has 0 unspecified atom stereocenters. The van der Waals surface area contributed by atoms with Crippen LogP contribution in [-0.2, 0) is 44.8 Å². The maximum Gasteiger partial charge on any atom is 0.326 e. The Morgan fingerprint density at radius 1 is 0.769 bits per heavy atom. The number of likely N-dealkylation sites (tertiary alicyclic amines) is 1. The molecular formula is C35H54N8O9. The number of carboxylic acid groups (broad SMARTS) is 1. The van der Waals surface area contributed by atoms with Gasteiger partial charge in [-0.2, -0.15) is 0 Å². The minimum atomic E-state index is -1.64. The van der Waals surface area contributed by atoms with Crippen LogP contribution in [0.2, 0.25) is 0 Å². The van der Waals surface area contributed by atoms with Gasteiger partial charge in [0, 0.05) is 19.4 Å². The van der Waals surface area contributed by atoms with Gasteiger partial charge in [0.1, 0.15) is 30.2 Å². The lowest BCUT2D eigenvalue weighted by Gasteiger charge is -2.29. The van der Waals surface area contributed by atoms with E-state index in [9.17, 15) is 43.5 Å². The van der Waals surface area contributed by atoms with Crippen molar-refractivity contribution in [3.8, 4) is 0 Å². The predicted molar refractivity (Wildman–Crippen MR) is 189 cm³/mol. The highest BCUT2D eigenvalue weighted by atomic mass is 16.4. The molecule has 0 bridgehead atoms. The molecule has 1 aromatic carbocycles. The van der Waals surface area contributed by atoms with E-state index in [1.807, 2.05) is 13.8 Å². The smallest absolute Gasteiger partial charge is 0.326 e. The topological polar surface area (TPSA) is 286 Å². The van der Waals surface area contributed by atoms with Crippen LogP contribution in [0.4, 0.5) is 0 Å². The zero-order valence-electron chi connectivity index (χ0n) is 30.3. The van der Waals surface area contributed by atoms with Crippen molar-refractivity contribution in [3.05, 3.63) is 35.9 Å². The van der Waals surface area contributed by atoms with Crippen molar-refractivity contribution in [3.63, 3.8) is 0 Å². The van der Waals surface area contributed by atoms with Gasteiger partial charge in [-0.3, -0.25) is 33.6 Å². The number of hydrogen-bond donors (Lipinski definition) is 8. The molecular weight excluding hydrogens is 676 g/mol. The van der Waals surface area contributed by atoms with Crippen molar-refractivity contribution in [2.75, 3.05) is 6.54 Å². The molecule has 6 atom stereocenters. The van der Waals surface area contributed by atoms with E-state index in [2.05, 4.69) is 21.3 Å². The second-order valence-corrected chi connectivity index (χ2v) is 14.0. The summed E-state index contributed by atoms with van der Waals surface area (Å²) in [5, 5.41) is 19.5. The van der Waals surface area contributed by atoms with Crippen LogP contribution in [0.15, 0.2) is 30.3 Å². The lowest BCUT2D eigenvalue weighted by atomic mass is 10.0. The quantitative estimate of drug-likeness (QED) is 0.0748. The van der Waals surface area contributed by atoms with Crippen molar-refractivity contribution in [2.24, 2.45) is 29.0 Å². The number of benzene rings is 1. The molecule has 1 fully saturated rings. The van der Waals surface area contributed by atoms with Crippen LogP contribution in [0.3, 0.4) is 0 Å². The normalized spacial score (nSPS) is 17.0. The number of hydrogen-bond acceptors (Lipinski definition) is 9. The van der Waals surface area contributed by atoms with Crippen LogP contribution in [0.5, 0.6) is 0 Å². The number of primary amides is 2. The second-order valence-electron chi connectivity index (χ2n) is 14.0. The molecule has 0 radical (unpaired) electrons. The van der Waals surface area contributed by atoms with Crippen molar-refractivity contribution in [1.82, 2.24) is 26.2 Å². The van der Waals surface area contributed by atoms with E-state index in [4.69, 9.17) is 17.2 Å². The maximum absolute atomic E-state index is 13.8. The molecule has 0 spiro atoms. The predicted octanol–water partition coefficient (Wildman–Crippen LogP) is -1.20. The fraction of sp³-hybridized carbons (Fsp3) is 0.600. The zero-order chi connectivity index (χ0) is 39.1. The molecule has 11 N–H and O–H groups in total. The molecule has 52 heavy (non-hydrogen) atoms. The summed E-state index contributed by atoms with van der Waals surface area (Å²) in [6.07, 6.45) is -0.0377. The summed E-state index contributed by atoms with van der Waals surface area (Å²) < 4.78 is 0. The van der Waals surface area contributed by atoms with Gasteiger partial charge in [-0.1, -0.05) is 58.0 Å². The van der Waals surface area contributed by atoms with Gasteiger partial charge in [-0.15, -0.1) is 0 Å². The summed E-state index contributed by atoms with van der Waals surface area (Å²) in [6, 6.07) is 1.26. The van der Waals surface area contributed by atoms with Crippen molar-refractivity contribution in [2.45, 2.75) is 115 Å². The highest BCUT2D eigenvalue weighted by molar-refractivity contribution is 5.98. The molecule has 288 valence electrons. The van der Waals surface area contributed by atoms with Gasteiger partial charge in [-0.25, -0.2) is 4.79 Å². The van der Waals surface area contributed by atoms with Crippen molar-refractivity contribution >= 4 is 47.3 Å². The summed E-state index contributed by atoms with van der Waals surface area (Å²) in [5.41, 5.74) is 17.5. The Morgan fingerprint density at radius 2 is 1.33 bits per heavy atom. The number of nitrogens with one attached hydrogen (secondary N) is 4. The van der Waals surface area contributed by atoms with E-state index in [-0.39, 0.29) is 43.4 Å². The Labute approximate surface area is 303 Å². The van der Waals surface area contributed by atoms with E-state index in [1.165, 1.54) is 4.90 Å². The Hall–Kier alpha value is -5.06. The standard InChI is InChI=1S/C35H54N8O9/c1-19(2)15-22(36)34(50)43-14-8-11-27(43)33(49)41-24(17-21-9-6-5-7-10-21)31(47)40-25(18-29(38)45)32(48)39-23(12-13-28(37)44)30(46)42-26(35(51)52)16-20(3)4/h5-7,9-10,19-20,22-27H,8,11-18,36H2,1-4H3,(H2,37,44)(H2,38,45)(H,39,48)(H,40,47)(H,41,49)(H,42,46)(H,51,52)/t22-,23-,24-,25-,26-,27+/m0/s1. The molecule has 0 saturated carbocycles. The fourth-order valence-electron chi connectivity index (χ4n) is 5.93. The number of carbonyl (C=O) groups excluding carboxylic acids is 7. The summed E-state index contributed by atoms with van der Waals surface area (Å²) in [5.74, 6) is -6.86. The lowest BCUT2D eigenvalue weighted by Crippen LogP contribution is -2.60. The van der Waals surface area contributed by atoms with Crippen molar-refractivity contribution in [1.29, 1.82) is 0 Å². The molecule has 1 aromatic rings. The molecule has 0 aromatic heterocycles. The van der Waals surface area contributed by atoms with Gasteiger partial charge in [-0.05, 0) is 49.5 Å². The minimum absolute atomic E-state index is 0.0348. The van der Waals surface area contributed by atoms with E-state index < -0.39 is 84.1 Å². The first-order valence-electron chi connectivity index (χ1n) is 17.5. The third kappa shape index (κ3) is 14.3. The summed E-state index contributed by atoms with van der Waals surface area (Å²) >= 11 is 0. The Morgan fingerprint density at radius 3 is 1.88 bits per heavy atom. The first-order chi connectivity index (χ1) is 24.4. The lowest BCUT2D eigenvalue weighted by molar-refractivity contribution is -0.143. The van der Waals surface area contributed by atoms with E-state index >= 15 is 0 Å². The summed E-state index contributed by atoms with van der Waals surface area (Å²) in [6.45, 7) is 7.68. The average molecular weight is 731 g/mol. The largest absolute Gasteiger partial charge is 0.480 e. The van der Waals surface area contributed by atoms with Gasteiger partial charge in [0.05, 0.1) is 12.5 Å². The van der Waals surface area contributed by atoms with Gasteiger partial charge in [0.2, 0.25) is 41.4 Å². The number of nitrogens with two attached hydrogens (primary N) is 3. The first kappa shape index (κ1) is 43.1. The van der Waals surface area contributed by atoms with Crippen molar-refractivity contribution < 1.29 is 43.5 Å². The zero-order valence-corrected chi connectivity index (χ0v) is 30.3. The molecule has 1 heterocycles. The molecule has 7 amide bonds. The number of carbonyl (C=O) groups is 8. The van der Waals surface area contributed by atoms with Gasteiger partial charge in [0.25, 0.3) is 0 Å². The van der Waals surface area contributed by atoms with Gasteiger partial charge in [0.15, 0.2) is 0 Å². The number of aliphatic carboxylic acids is 1. The third-order valence-electron chi connectivity index (χ3n) is 8.47. The van der Waals surface area contributed by atoms with Gasteiger partial charge >= 0.3 is 5.97 Å². The minimum Gasteiger partial charge on any atom is -0.480 e. The average Bonchev–Trinajstić information content (AvgIpc) is 3.55. The van der Waals surface area contributed by atoms with Crippen LogP contribution in [-0.4, -0.2) is 100 Å². The van der Waals surface area contributed by atoms with Crippen LogP contribution >= 0.6 is 0 Å². The number of amides is 7. The van der Waals surface area contributed by atoms with Crippen LogP contribution in [0, 0.1) is 11.8 Å². The van der Waals surface area contributed by atoms with E-state index in [0.29, 0.717) is 31.4 Å². The Kier molecular flexibility index (Phi) is 17.2. The first-order valence-corrected chi connectivity index (χ1v) is 17.5. The highest BCUT2D eigenvalue weighted by Gasteiger charge is 2.38. The highest BCUT2D eigenvalue weighted by Crippen LogP contribution is 2.20. The summed E-state index contributed by atoms with van der Waals surface area (Å²) in [4.78, 5) is 104. The monoisotopic (exact) mass is 730 g/mol. The van der Waals surface area contributed by atoms with E-state index in [1.54, 1.807) is 44.2 Å². The van der Waals surface area contributed by atoms with Crippen LogP contribution in [0.25, 0.3) is 0 Å². The summed E-state index contributed by atoms with van der Waals surface area (Å²) in [7, 11) is 0. The SMILES string of the molecule is CC(C)C[C@H](NC(=O)[C@H](CCC(N)=O)NC(=O)[C@H](CC(N)=O)NC(=O)[C@H](Cc1ccccc1)NC(=O)[C@H]1CCCN1C(=O)[C@@H](N)CC(C)C)C(=O)O. The Balaban J connectivity index is 2.33. The molecule has 1 aliphatic heterocycles. The molecule has 0 aliphatic carbocycles. The molecule has 17 heteroatoms. The Bertz CT molecular complexity index is 1440. The van der Waals surface area contributed by atoms with Gasteiger partial charge < -0.3 is 48.5 Å². The number of rotatable bonds is 21. The van der Waals surface area contributed by atoms with Crippen LogP contribution in [0.1, 0.15) is 78.2 Å². The fourth-order valence-corrected chi connectivity index (χ4v) is 5.93. The second kappa shape index (κ2) is 20.7. The molecule has 2 rings (SSSR count). The molecule has 17 nitrogen and oxygen atoms in total. The third-order valence-corrected chi connectivity index (χ3v) is 8.47. The van der Waals surface area contributed by atoms with Crippen LogP contribution < -0.4 is 38.5 Å². The van der Waals surface area contributed by atoms with E-state index in [0.717, 1.165) is 0 Å². The maximum atomic E-state index is 13.8. The molecule has 1 aliphatic rings. The molecule has 1 saturated heterocycles.